The minimum absolute atomic E-state index is 0.0549. The monoisotopic (exact) mass is 330 g/mol. The van der Waals surface area contributed by atoms with Gasteiger partial charge in [0, 0.05) is 12.8 Å². The molecule has 132 valence electrons. The molecule has 1 spiro atoms. The highest BCUT2D eigenvalue weighted by atomic mass is 16.5. The van der Waals surface area contributed by atoms with Crippen molar-refractivity contribution in [3.05, 3.63) is 11.6 Å². The van der Waals surface area contributed by atoms with E-state index in [1.807, 2.05) is 6.08 Å². The van der Waals surface area contributed by atoms with Crippen molar-refractivity contribution in [1.82, 2.24) is 0 Å². The lowest BCUT2D eigenvalue weighted by Crippen LogP contribution is -2.52. The molecule has 0 radical (unpaired) electrons. The summed E-state index contributed by atoms with van der Waals surface area (Å²) < 4.78 is 6.28. The largest absolute Gasteiger partial charge is 0.391 e. The Morgan fingerprint density at radius 2 is 2.00 bits per heavy atom. The number of hydrogen-bond donors (Lipinski definition) is 1. The molecule has 1 heterocycles. The Bertz CT molecular complexity index is 596. The highest BCUT2D eigenvalue weighted by Crippen LogP contribution is 2.67. The predicted molar refractivity (Wildman–Crippen MR) is 91.4 cm³/mol. The number of carbonyl (C=O) groups excluding carboxylic acids is 1. The van der Waals surface area contributed by atoms with Crippen LogP contribution in [0.1, 0.15) is 64.7 Å². The van der Waals surface area contributed by atoms with E-state index in [4.69, 9.17) is 4.74 Å². The molecule has 4 aliphatic carbocycles. The van der Waals surface area contributed by atoms with E-state index in [0.717, 1.165) is 49.9 Å². The minimum Gasteiger partial charge on any atom is -0.391 e. The third-order valence-electron chi connectivity index (χ3n) is 8.71. The third-order valence-corrected chi connectivity index (χ3v) is 8.71. The van der Waals surface area contributed by atoms with Crippen LogP contribution in [0.4, 0.5) is 0 Å². The second-order valence-electron chi connectivity index (χ2n) is 9.46. The summed E-state index contributed by atoms with van der Waals surface area (Å²) >= 11 is 0. The van der Waals surface area contributed by atoms with Gasteiger partial charge in [-0.1, -0.05) is 12.5 Å². The van der Waals surface area contributed by atoms with Crippen molar-refractivity contribution in [3.8, 4) is 0 Å². The van der Waals surface area contributed by atoms with E-state index >= 15 is 0 Å². The molecular weight excluding hydrogens is 300 g/mol. The quantitative estimate of drug-likeness (QED) is 0.737. The minimum atomic E-state index is -0.261. The van der Waals surface area contributed by atoms with Crippen LogP contribution in [-0.4, -0.2) is 29.2 Å². The van der Waals surface area contributed by atoms with Crippen molar-refractivity contribution in [1.29, 1.82) is 0 Å². The van der Waals surface area contributed by atoms with Crippen molar-refractivity contribution >= 4 is 5.78 Å². The van der Waals surface area contributed by atoms with Crippen LogP contribution in [0.5, 0.6) is 0 Å². The summed E-state index contributed by atoms with van der Waals surface area (Å²) in [5.41, 5.74) is 1.66. The molecule has 24 heavy (non-hydrogen) atoms. The Balaban J connectivity index is 1.44. The Morgan fingerprint density at radius 1 is 1.12 bits per heavy atom. The molecule has 0 aromatic heterocycles. The second kappa shape index (κ2) is 5.17. The summed E-state index contributed by atoms with van der Waals surface area (Å²) in [4.78, 5) is 11.8. The predicted octanol–water partition coefficient (Wildman–Crippen LogP) is 3.65. The van der Waals surface area contributed by atoms with Crippen LogP contribution in [0.3, 0.4) is 0 Å². The molecule has 1 saturated heterocycles. The Labute approximate surface area is 144 Å². The lowest BCUT2D eigenvalue weighted by atomic mass is 9.50. The normalized spacial score (nSPS) is 53.5. The molecule has 0 amide bonds. The standard InChI is InChI=1S/C21H30O3/c1-20-8-6-17-16-5-3-14(22)10-13(16)2-4-18(17)19(20)7-9-21(20)11-15(23)12-24-21/h10,15-19,23H,2-9,11-12H2,1H3/t15?,16-,17+,18+,19-,20-,21?/m0/s1. The summed E-state index contributed by atoms with van der Waals surface area (Å²) in [6.07, 6.45) is 11.8. The lowest BCUT2D eigenvalue weighted by molar-refractivity contribution is -0.128. The maximum absolute atomic E-state index is 11.8. The van der Waals surface area contributed by atoms with E-state index in [2.05, 4.69) is 6.92 Å². The van der Waals surface area contributed by atoms with Gasteiger partial charge in [0.25, 0.3) is 0 Å². The average molecular weight is 330 g/mol. The van der Waals surface area contributed by atoms with E-state index in [-0.39, 0.29) is 17.1 Å². The van der Waals surface area contributed by atoms with Crippen LogP contribution in [0, 0.1) is 29.1 Å². The SMILES string of the molecule is C[C@]12CC[C@H]3[C@@H](CCC4=CC(=O)CC[C@@H]43)[C@@H]1CCC21CC(O)CO1. The number of aliphatic hydroxyl groups is 1. The van der Waals surface area contributed by atoms with Gasteiger partial charge in [0.1, 0.15) is 0 Å². The number of ketones is 1. The molecule has 0 aromatic rings. The van der Waals surface area contributed by atoms with Crippen LogP contribution in [0.2, 0.25) is 0 Å². The first-order chi connectivity index (χ1) is 11.5. The number of carbonyl (C=O) groups is 1. The van der Waals surface area contributed by atoms with Gasteiger partial charge < -0.3 is 9.84 Å². The maximum Gasteiger partial charge on any atom is 0.155 e. The van der Waals surface area contributed by atoms with Crippen LogP contribution in [-0.2, 0) is 9.53 Å². The Hall–Kier alpha value is -0.670. The number of ether oxygens (including phenoxy) is 1. The third kappa shape index (κ3) is 1.94. The highest BCUT2D eigenvalue weighted by molar-refractivity contribution is 5.91. The van der Waals surface area contributed by atoms with Gasteiger partial charge in [0.2, 0.25) is 0 Å². The molecule has 0 aromatic carbocycles. The van der Waals surface area contributed by atoms with E-state index in [1.54, 1.807) is 0 Å². The van der Waals surface area contributed by atoms with Crippen LogP contribution in [0.15, 0.2) is 11.6 Å². The summed E-state index contributed by atoms with van der Waals surface area (Å²) in [5.74, 6) is 3.38. The molecule has 3 saturated carbocycles. The van der Waals surface area contributed by atoms with Gasteiger partial charge >= 0.3 is 0 Å². The van der Waals surface area contributed by atoms with Gasteiger partial charge in [-0.2, -0.15) is 0 Å². The number of rotatable bonds is 0. The van der Waals surface area contributed by atoms with E-state index in [9.17, 15) is 9.90 Å². The smallest absolute Gasteiger partial charge is 0.155 e. The molecule has 4 fully saturated rings. The van der Waals surface area contributed by atoms with Crippen molar-refractivity contribution in [2.24, 2.45) is 29.1 Å². The van der Waals surface area contributed by atoms with Gasteiger partial charge in [-0.05, 0) is 80.1 Å². The maximum atomic E-state index is 11.8. The van der Waals surface area contributed by atoms with Crippen molar-refractivity contribution in [3.63, 3.8) is 0 Å². The summed E-state index contributed by atoms with van der Waals surface area (Å²) in [6, 6.07) is 0. The number of aliphatic hydroxyl groups excluding tert-OH is 1. The van der Waals surface area contributed by atoms with Crippen LogP contribution in [0.25, 0.3) is 0 Å². The van der Waals surface area contributed by atoms with E-state index in [1.165, 1.54) is 31.3 Å². The molecular formula is C21H30O3. The lowest BCUT2D eigenvalue weighted by Gasteiger charge is -2.56. The first-order valence-corrected chi connectivity index (χ1v) is 10.1. The second-order valence-corrected chi connectivity index (χ2v) is 9.46. The van der Waals surface area contributed by atoms with Crippen molar-refractivity contribution < 1.29 is 14.6 Å². The summed E-state index contributed by atoms with van der Waals surface area (Å²) in [5, 5.41) is 10.1. The van der Waals surface area contributed by atoms with Crippen molar-refractivity contribution in [2.75, 3.05) is 6.61 Å². The van der Waals surface area contributed by atoms with Crippen LogP contribution >= 0.6 is 0 Å². The molecule has 1 N–H and O–H groups in total. The highest BCUT2D eigenvalue weighted by Gasteiger charge is 2.65. The zero-order valence-corrected chi connectivity index (χ0v) is 14.8. The Kier molecular flexibility index (Phi) is 3.35. The zero-order valence-electron chi connectivity index (χ0n) is 14.8. The molecule has 2 unspecified atom stereocenters. The molecule has 5 rings (SSSR count). The summed E-state index contributed by atoms with van der Waals surface area (Å²) in [7, 11) is 0. The van der Waals surface area contributed by atoms with Crippen LogP contribution < -0.4 is 0 Å². The van der Waals surface area contributed by atoms with E-state index in [0.29, 0.717) is 18.3 Å². The first-order valence-electron chi connectivity index (χ1n) is 10.1. The molecule has 3 nitrogen and oxygen atoms in total. The number of hydrogen-bond acceptors (Lipinski definition) is 3. The molecule has 3 heteroatoms. The fraction of sp³-hybridized carbons (Fsp3) is 0.857. The van der Waals surface area contributed by atoms with Gasteiger partial charge in [-0.15, -0.1) is 0 Å². The van der Waals surface area contributed by atoms with E-state index < -0.39 is 0 Å². The van der Waals surface area contributed by atoms with Gasteiger partial charge in [-0.25, -0.2) is 0 Å². The average Bonchev–Trinajstić information content (AvgIpc) is 3.08. The fourth-order valence-electron chi connectivity index (χ4n) is 7.60. The summed E-state index contributed by atoms with van der Waals surface area (Å²) in [6.45, 7) is 3.00. The first kappa shape index (κ1) is 15.6. The topological polar surface area (TPSA) is 46.5 Å². The Morgan fingerprint density at radius 3 is 2.79 bits per heavy atom. The number of allylic oxidation sites excluding steroid dienone is 1. The van der Waals surface area contributed by atoms with Gasteiger partial charge in [0.05, 0.1) is 18.3 Å². The zero-order chi connectivity index (χ0) is 16.5. The number of fused-ring (bicyclic) bond motifs is 6. The van der Waals surface area contributed by atoms with Gasteiger partial charge in [0.15, 0.2) is 5.78 Å². The molecule has 0 bridgehead atoms. The van der Waals surface area contributed by atoms with Crippen molar-refractivity contribution in [2.45, 2.75) is 76.4 Å². The fourth-order valence-corrected chi connectivity index (χ4v) is 7.60. The molecule has 5 aliphatic rings. The molecule has 1 aliphatic heterocycles. The van der Waals surface area contributed by atoms with Gasteiger partial charge in [-0.3, -0.25) is 4.79 Å². The molecule has 7 atom stereocenters.